The number of alkyl halides is 2. The number of aromatic nitrogens is 4. The number of fused-ring (bicyclic) bond motifs is 1. The number of allylic oxidation sites excluding steroid dienone is 3. The van der Waals surface area contributed by atoms with E-state index in [1.807, 2.05) is 23.6 Å². The minimum atomic E-state index is -2.73. The molecule has 1 unspecified atom stereocenters. The van der Waals surface area contributed by atoms with E-state index >= 15 is 0 Å². The van der Waals surface area contributed by atoms with Crippen molar-refractivity contribution in [3.63, 3.8) is 0 Å². The maximum atomic E-state index is 13.9. The van der Waals surface area contributed by atoms with Gasteiger partial charge in [0, 0.05) is 30.6 Å². The molecule has 0 radical (unpaired) electrons. The van der Waals surface area contributed by atoms with E-state index in [9.17, 15) is 13.6 Å². The van der Waals surface area contributed by atoms with Gasteiger partial charge in [0.1, 0.15) is 11.3 Å². The summed E-state index contributed by atoms with van der Waals surface area (Å²) >= 11 is 0. The third kappa shape index (κ3) is 3.80. The van der Waals surface area contributed by atoms with E-state index in [-0.39, 0.29) is 23.9 Å². The van der Waals surface area contributed by atoms with E-state index in [2.05, 4.69) is 28.9 Å². The van der Waals surface area contributed by atoms with Crippen LogP contribution in [0.1, 0.15) is 74.4 Å². The quantitative estimate of drug-likeness (QED) is 0.464. The van der Waals surface area contributed by atoms with Gasteiger partial charge >= 0.3 is 0 Å². The maximum absolute atomic E-state index is 13.9. The predicted molar refractivity (Wildman–Crippen MR) is 119 cm³/mol. The summed E-state index contributed by atoms with van der Waals surface area (Å²) < 4.78 is 31.3. The first-order valence-electron chi connectivity index (χ1n) is 11.0. The molecule has 1 atom stereocenters. The van der Waals surface area contributed by atoms with Crippen molar-refractivity contribution in [1.29, 1.82) is 0 Å². The van der Waals surface area contributed by atoms with Gasteiger partial charge < -0.3 is 4.40 Å². The van der Waals surface area contributed by atoms with Crippen LogP contribution in [0.25, 0.3) is 11.2 Å². The van der Waals surface area contributed by atoms with Gasteiger partial charge in [0.05, 0.1) is 12.2 Å². The van der Waals surface area contributed by atoms with Gasteiger partial charge in [-0.3, -0.25) is 9.48 Å². The third-order valence-electron chi connectivity index (χ3n) is 6.67. The molecule has 0 aliphatic heterocycles. The van der Waals surface area contributed by atoms with Gasteiger partial charge in [-0.25, -0.2) is 13.8 Å². The molecule has 0 bridgehead atoms. The monoisotopic (exact) mass is 436 g/mol. The van der Waals surface area contributed by atoms with Gasteiger partial charge in [0.2, 0.25) is 0 Å². The number of halogens is 2. The van der Waals surface area contributed by atoms with Crippen molar-refractivity contribution in [2.24, 2.45) is 5.92 Å². The SMILES string of the molecule is C=C(C)C1CC(=O)C(C)=C(c2cn(Cc3cn4cc(C5CC5)ccc4n3)nc2C(F)F)C1. The summed E-state index contributed by atoms with van der Waals surface area (Å²) in [5, 5.41) is 4.19. The summed E-state index contributed by atoms with van der Waals surface area (Å²) in [6, 6.07) is 4.11. The number of rotatable bonds is 6. The number of imidazole rings is 1. The highest BCUT2D eigenvalue weighted by molar-refractivity contribution is 6.04. The normalized spacial score (nSPS) is 19.4. The number of ketones is 1. The molecule has 0 spiro atoms. The van der Waals surface area contributed by atoms with Crippen molar-refractivity contribution >= 4 is 17.0 Å². The highest BCUT2D eigenvalue weighted by Crippen LogP contribution is 2.40. The standard InChI is InChI=1S/C25H26F2N4O/c1-14(2)18-8-20(15(3)22(32)9-18)21-13-31(29-24(21)25(26)27)12-19-11-30-10-17(16-4-5-16)6-7-23(30)28-19/h6-7,10-11,13,16,18,25H,1,4-5,8-9,12H2,2-3H3. The Morgan fingerprint density at radius 3 is 2.69 bits per heavy atom. The second-order valence-corrected chi connectivity index (χ2v) is 9.14. The Balaban J connectivity index is 1.48. The molecule has 3 aromatic rings. The van der Waals surface area contributed by atoms with Crippen LogP contribution >= 0.6 is 0 Å². The number of carbonyl (C=O) groups is 1. The van der Waals surface area contributed by atoms with Crippen molar-refractivity contribution in [3.05, 3.63) is 71.0 Å². The number of Topliss-reactive ketones (excluding diaryl/α,β-unsaturated/α-hetero) is 1. The molecule has 5 rings (SSSR count). The Kier molecular flexibility index (Phi) is 5.07. The molecule has 2 aliphatic carbocycles. The number of carbonyl (C=O) groups excluding carboxylic acids is 1. The molecule has 166 valence electrons. The molecular weight excluding hydrogens is 410 g/mol. The fraction of sp³-hybridized carbons (Fsp3) is 0.400. The Labute approximate surface area is 185 Å². The highest BCUT2D eigenvalue weighted by Gasteiger charge is 2.30. The van der Waals surface area contributed by atoms with Crippen molar-refractivity contribution in [2.45, 2.75) is 58.4 Å². The summed E-state index contributed by atoms with van der Waals surface area (Å²) in [4.78, 5) is 17.1. The number of pyridine rings is 1. The largest absolute Gasteiger partial charge is 0.306 e. The lowest BCUT2D eigenvalue weighted by molar-refractivity contribution is -0.116. The lowest BCUT2D eigenvalue weighted by Crippen LogP contribution is -2.18. The first-order chi connectivity index (χ1) is 15.3. The van der Waals surface area contributed by atoms with Gasteiger partial charge in [-0.1, -0.05) is 18.2 Å². The van der Waals surface area contributed by atoms with E-state index in [1.54, 1.807) is 13.1 Å². The molecule has 1 saturated carbocycles. The van der Waals surface area contributed by atoms with E-state index < -0.39 is 6.43 Å². The highest BCUT2D eigenvalue weighted by atomic mass is 19.3. The molecular formula is C25H26F2N4O. The smallest absolute Gasteiger partial charge is 0.282 e. The van der Waals surface area contributed by atoms with Gasteiger partial charge in [-0.15, -0.1) is 0 Å². The lowest BCUT2D eigenvalue weighted by Gasteiger charge is -2.25. The summed E-state index contributed by atoms with van der Waals surface area (Å²) in [5.41, 5.74) is 5.04. The predicted octanol–water partition coefficient (Wildman–Crippen LogP) is 5.72. The van der Waals surface area contributed by atoms with Crippen LogP contribution in [-0.4, -0.2) is 24.9 Å². The van der Waals surface area contributed by atoms with Crippen LogP contribution in [0.4, 0.5) is 8.78 Å². The first kappa shape index (κ1) is 20.8. The van der Waals surface area contributed by atoms with E-state index in [0.29, 0.717) is 35.5 Å². The van der Waals surface area contributed by atoms with Crippen LogP contribution in [0.5, 0.6) is 0 Å². The van der Waals surface area contributed by atoms with Crippen molar-refractivity contribution in [3.8, 4) is 0 Å². The van der Waals surface area contributed by atoms with Crippen molar-refractivity contribution in [1.82, 2.24) is 19.2 Å². The Morgan fingerprint density at radius 1 is 1.22 bits per heavy atom. The second kappa shape index (κ2) is 7.80. The zero-order chi connectivity index (χ0) is 22.6. The summed E-state index contributed by atoms with van der Waals surface area (Å²) in [6.07, 6.45) is 6.29. The second-order valence-electron chi connectivity index (χ2n) is 9.14. The molecule has 32 heavy (non-hydrogen) atoms. The molecule has 0 N–H and O–H groups in total. The van der Waals surface area contributed by atoms with Crippen LogP contribution in [0, 0.1) is 5.92 Å². The summed E-state index contributed by atoms with van der Waals surface area (Å²) in [5.74, 6) is 0.596. The average molecular weight is 437 g/mol. The van der Waals surface area contributed by atoms with Crippen LogP contribution in [0.3, 0.4) is 0 Å². The lowest BCUT2D eigenvalue weighted by atomic mass is 9.78. The Morgan fingerprint density at radius 2 is 2.00 bits per heavy atom. The summed E-state index contributed by atoms with van der Waals surface area (Å²) in [6.45, 7) is 7.86. The van der Waals surface area contributed by atoms with Crippen molar-refractivity contribution < 1.29 is 13.6 Å². The molecule has 0 aromatic carbocycles. The Hall–Kier alpha value is -3.09. The molecule has 2 aliphatic rings. The number of hydrogen-bond acceptors (Lipinski definition) is 3. The molecule has 0 amide bonds. The van der Waals surface area contributed by atoms with Gasteiger partial charge in [0.25, 0.3) is 6.43 Å². The number of nitrogens with zero attached hydrogens (tertiary/aromatic N) is 4. The fourth-order valence-corrected chi connectivity index (χ4v) is 4.55. The minimum Gasteiger partial charge on any atom is -0.306 e. The van der Waals surface area contributed by atoms with Crippen LogP contribution < -0.4 is 0 Å². The van der Waals surface area contributed by atoms with Crippen LogP contribution in [-0.2, 0) is 11.3 Å². The van der Waals surface area contributed by atoms with Gasteiger partial charge in [-0.05, 0) is 67.7 Å². The zero-order valence-electron chi connectivity index (χ0n) is 18.3. The van der Waals surface area contributed by atoms with Crippen molar-refractivity contribution in [2.75, 3.05) is 0 Å². The Bertz CT molecular complexity index is 1260. The molecule has 3 heterocycles. The van der Waals surface area contributed by atoms with E-state index in [4.69, 9.17) is 0 Å². The third-order valence-corrected chi connectivity index (χ3v) is 6.67. The van der Waals surface area contributed by atoms with Gasteiger partial charge in [0.15, 0.2) is 5.78 Å². The van der Waals surface area contributed by atoms with Gasteiger partial charge in [-0.2, -0.15) is 5.10 Å². The molecule has 5 nitrogen and oxygen atoms in total. The average Bonchev–Trinajstić information content (AvgIpc) is 3.39. The molecule has 7 heteroatoms. The maximum Gasteiger partial charge on any atom is 0.282 e. The van der Waals surface area contributed by atoms with Crippen LogP contribution in [0.2, 0.25) is 0 Å². The van der Waals surface area contributed by atoms with E-state index in [0.717, 1.165) is 16.9 Å². The van der Waals surface area contributed by atoms with Crippen LogP contribution in [0.15, 0.2) is 48.4 Å². The number of hydrogen-bond donors (Lipinski definition) is 0. The zero-order valence-corrected chi connectivity index (χ0v) is 18.3. The first-order valence-corrected chi connectivity index (χ1v) is 11.0. The molecule has 3 aromatic heterocycles. The molecule has 0 saturated heterocycles. The topological polar surface area (TPSA) is 52.2 Å². The summed E-state index contributed by atoms with van der Waals surface area (Å²) in [7, 11) is 0. The van der Waals surface area contributed by atoms with E-state index in [1.165, 1.54) is 23.1 Å². The molecule has 1 fully saturated rings. The fourth-order valence-electron chi connectivity index (χ4n) is 4.55. The minimum absolute atomic E-state index is 0.0148.